The van der Waals surface area contributed by atoms with Gasteiger partial charge in [-0.15, -0.1) is 0 Å². The lowest BCUT2D eigenvalue weighted by atomic mass is 9.89. The highest BCUT2D eigenvalue weighted by atomic mass is 16.5. The Balaban J connectivity index is 2.76. The minimum Gasteiger partial charge on any atom is -0.493 e. The fourth-order valence-electron chi connectivity index (χ4n) is 4.34. The van der Waals surface area contributed by atoms with Crippen LogP contribution < -0.4 is 18.9 Å². The molecule has 0 saturated carbocycles. The smallest absolute Gasteiger partial charge is 0.341 e. The number of nitrogens with zero attached hydrogens (tertiary/aromatic N) is 1. The molecule has 0 saturated heterocycles. The Labute approximate surface area is 252 Å². The molecule has 2 rings (SSSR count). The molecule has 0 aromatic heterocycles. The summed E-state index contributed by atoms with van der Waals surface area (Å²) in [5.74, 6) is -0.805. The highest BCUT2D eigenvalue weighted by Gasteiger charge is 2.28. The average Bonchev–Trinajstić information content (AvgIpc) is 3.01. The summed E-state index contributed by atoms with van der Waals surface area (Å²) in [5, 5.41) is 8.99. The first-order valence-electron chi connectivity index (χ1n) is 13.7. The van der Waals surface area contributed by atoms with Crippen LogP contribution in [0, 0.1) is 0 Å². The van der Waals surface area contributed by atoms with E-state index in [0.29, 0.717) is 49.6 Å². The lowest BCUT2D eigenvalue weighted by Gasteiger charge is -2.25. The van der Waals surface area contributed by atoms with Crippen molar-refractivity contribution in [2.75, 3.05) is 67.5 Å². The lowest BCUT2D eigenvalue weighted by Crippen LogP contribution is -2.38. The maximum Gasteiger partial charge on any atom is 0.341 e. The van der Waals surface area contributed by atoms with Crippen LogP contribution in [0.1, 0.15) is 34.0 Å². The molecule has 0 aliphatic heterocycles. The van der Waals surface area contributed by atoms with Crippen molar-refractivity contribution in [3.05, 3.63) is 71.8 Å². The molecule has 11 nitrogen and oxygen atoms in total. The standard InChI is InChI=1S/C32H41NO10/c1-7-14-41-26-20-28(42-15-8-2)31(32(37)22-10-11-25(27(18-22)40-6)43-21-30(35)36)24(23(26)9-3)19-29(34)33(12-16-38-4)13-17-39-5/h7-8,10-11,18,20H,1-2,9,12-17,19,21H2,3-6H3,(H,35,36). The van der Waals surface area contributed by atoms with E-state index in [-0.39, 0.29) is 53.9 Å². The molecule has 1 N–H and O–H groups in total. The quantitative estimate of drug-likeness (QED) is 0.167. The Kier molecular flexibility index (Phi) is 14.8. The fraction of sp³-hybridized carbons (Fsp3) is 0.406. The Morgan fingerprint density at radius 3 is 2.00 bits per heavy atom. The molecule has 11 heteroatoms. The van der Waals surface area contributed by atoms with Crippen LogP contribution in [0.5, 0.6) is 23.0 Å². The van der Waals surface area contributed by atoms with Gasteiger partial charge in [-0.2, -0.15) is 0 Å². The predicted octanol–water partition coefficient (Wildman–Crippen LogP) is 3.75. The van der Waals surface area contributed by atoms with Gasteiger partial charge in [0.25, 0.3) is 0 Å². The number of carbonyl (C=O) groups excluding carboxylic acids is 2. The summed E-state index contributed by atoms with van der Waals surface area (Å²) in [7, 11) is 4.50. The summed E-state index contributed by atoms with van der Waals surface area (Å²) in [6.45, 7) is 10.4. The largest absolute Gasteiger partial charge is 0.493 e. The Hall–Kier alpha value is -4.35. The highest BCUT2D eigenvalue weighted by Crippen LogP contribution is 2.38. The number of aliphatic carboxylic acids is 1. The lowest BCUT2D eigenvalue weighted by molar-refractivity contribution is -0.139. The number of ether oxygens (including phenoxy) is 6. The van der Waals surface area contributed by atoms with E-state index in [1.54, 1.807) is 37.3 Å². The zero-order valence-corrected chi connectivity index (χ0v) is 25.3. The molecule has 0 bridgehead atoms. The number of benzene rings is 2. The molecule has 2 aromatic carbocycles. The predicted molar refractivity (Wildman–Crippen MR) is 161 cm³/mol. The molecule has 0 aliphatic rings. The second-order valence-corrected chi connectivity index (χ2v) is 9.18. The van der Waals surface area contributed by atoms with Crippen molar-refractivity contribution in [3.8, 4) is 23.0 Å². The van der Waals surface area contributed by atoms with Crippen LogP contribution in [-0.2, 0) is 31.9 Å². The monoisotopic (exact) mass is 599 g/mol. The Bertz CT molecular complexity index is 1270. The third-order valence-electron chi connectivity index (χ3n) is 6.35. The van der Waals surface area contributed by atoms with E-state index in [2.05, 4.69) is 13.2 Å². The van der Waals surface area contributed by atoms with Crippen LogP contribution in [0.4, 0.5) is 0 Å². The molecular weight excluding hydrogens is 558 g/mol. The van der Waals surface area contributed by atoms with E-state index in [4.69, 9.17) is 33.5 Å². The first kappa shape index (κ1) is 34.8. The highest BCUT2D eigenvalue weighted by molar-refractivity contribution is 6.13. The molecule has 2 aromatic rings. The number of amides is 1. The first-order valence-corrected chi connectivity index (χ1v) is 13.7. The van der Waals surface area contributed by atoms with Crippen molar-refractivity contribution in [1.82, 2.24) is 4.90 Å². The second-order valence-electron chi connectivity index (χ2n) is 9.18. The van der Waals surface area contributed by atoms with Crippen molar-refractivity contribution in [2.24, 2.45) is 0 Å². The van der Waals surface area contributed by atoms with Gasteiger partial charge in [-0.25, -0.2) is 4.79 Å². The van der Waals surface area contributed by atoms with Gasteiger partial charge in [-0.3, -0.25) is 9.59 Å². The van der Waals surface area contributed by atoms with Crippen LogP contribution in [0.25, 0.3) is 0 Å². The molecule has 0 radical (unpaired) electrons. The van der Waals surface area contributed by atoms with Crippen molar-refractivity contribution >= 4 is 17.7 Å². The molecule has 0 spiro atoms. The van der Waals surface area contributed by atoms with E-state index in [1.807, 2.05) is 6.92 Å². The number of carboxylic acid groups (broad SMARTS) is 1. The maximum absolute atomic E-state index is 14.3. The third-order valence-corrected chi connectivity index (χ3v) is 6.35. The number of rotatable bonds is 21. The zero-order valence-electron chi connectivity index (χ0n) is 25.3. The summed E-state index contributed by atoms with van der Waals surface area (Å²) >= 11 is 0. The summed E-state index contributed by atoms with van der Waals surface area (Å²) in [6, 6.07) is 6.06. The molecule has 0 unspecified atom stereocenters. The van der Waals surface area contributed by atoms with Gasteiger partial charge < -0.3 is 38.4 Å². The molecule has 234 valence electrons. The number of ketones is 1. The van der Waals surface area contributed by atoms with Gasteiger partial charge in [0.1, 0.15) is 24.7 Å². The van der Waals surface area contributed by atoms with Gasteiger partial charge in [0.2, 0.25) is 5.91 Å². The van der Waals surface area contributed by atoms with Gasteiger partial charge in [0, 0.05) is 38.9 Å². The van der Waals surface area contributed by atoms with E-state index in [9.17, 15) is 14.4 Å². The van der Waals surface area contributed by atoms with Crippen LogP contribution in [0.2, 0.25) is 0 Å². The summed E-state index contributed by atoms with van der Waals surface area (Å²) < 4.78 is 33.0. The number of carbonyl (C=O) groups is 3. The molecular formula is C32H41NO10. The molecule has 43 heavy (non-hydrogen) atoms. The topological polar surface area (TPSA) is 130 Å². The van der Waals surface area contributed by atoms with Crippen molar-refractivity contribution < 1.29 is 47.9 Å². The first-order chi connectivity index (χ1) is 20.8. The van der Waals surface area contributed by atoms with E-state index in [1.165, 1.54) is 25.3 Å². The Morgan fingerprint density at radius 2 is 1.47 bits per heavy atom. The fourth-order valence-corrected chi connectivity index (χ4v) is 4.34. The minimum atomic E-state index is -1.16. The van der Waals surface area contributed by atoms with E-state index in [0.717, 1.165) is 0 Å². The Morgan fingerprint density at radius 1 is 0.837 bits per heavy atom. The van der Waals surface area contributed by atoms with Gasteiger partial charge in [0.05, 0.1) is 32.3 Å². The number of hydrogen-bond acceptors (Lipinski definition) is 9. The van der Waals surface area contributed by atoms with Gasteiger partial charge >= 0.3 is 5.97 Å². The molecule has 0 fully saturated rings. The number of carboxylic acids is 1. The third kappa shape index (κ3) is 9.86. The molecule has 0 atom stereocenters. The number of hydrogen-bond donors (Lipinski definition) is 1. The van der Waals surface area contributed by atoms with Crippen LogP contribution in [0.3, 0.4) is 0 Å². The van der Waals surface area contributed by atoms with E-state index < -0.39 is 18.4 Å². The average molecular weight is 600 g/mol. The summed E-state index contributed by atoms with van der Waals surface area (Å²) in [4.78, 5) is 40.6. The maximum atomic E-state index is 14.3. The number of methoxy groups -OCH3 is 3. The van der Waals surface area contributed by atoms with Gasteiger partial charge in [0.15, 0.2) is 23.9 Å². The second kappa shape index (κ2) is 18.2. The zero-order chi connectivity index (χ0) is 31.8. The SMILES string of the molecule is C=CCOc1cc(OCC=C)c(C(=O)c2ccc(OCC(=O)O)c(OC)c2)c(CC(=O)N(CCOC)CCOC)c1CC. The van der Waals surface area contributed by atoms with Crippen molar-refractivity contribution in [2.45, 2.75) is 19.8 Å². The van der Waals surface area contributed by atoms with Crippen LogP contribution in [-0.4, -0.2) is 95.1 Å². The molecule has 1 amide bonds. The minimum absolute atomic E-state index is 0.0964. The normalized spacial score (nSPS) is 10.5. The van der Waals surface area contributed by atoms with Crippen molar-refractivity contribution in [1.29, 1.82) is 0 Å². The van der Waals surface area contributed by atoms with E-state index >= 15 is 0 Å². The summed E-state index contributed by atoms with van der Waals surface area (Å²) in [6.07, 6.45) is 3.49. The van der Waals surface area contributed by atoms with Crippen LogP contribution >= 0.6 is 0 Å². The van der Waals surface area contributed by atoms with Crippen molar-refractivity contribution in [3.63, 3.8) is 0 Å². The van der Waals surface area contributed by atoms with Crippen LogP contribution in [0.15, 0.2) is 49.6 Å². The molecule has 0 aliphatic carbocycles. The molecule has 0 heterocycles. The summed E-state index contributed by atoms with van der Waals surface area (Å²) in [5.41, 5.74) is 1.55. The van der Waals surface area contributed by atoms with Gasteiger partial charge in [-0.05, 0) is 35.7 Å². The van der Waals surface area contributed by atoms with Gasteiger partial charge in [-0.1, -0.05) is 32.2 Å².